The van der Waals surface area contributed by atoms with Gasteiger partial charge in [-0.05, 0) is 56.0 Å². The largest absolute Gasteiger partial charge is 0.463 e. The third-order valence-corrected chi connectivity index (χ3v) is 6.67. The van der Waals surface area contributed by atoms with Crippen LogP contribution in [0.25, 0.3) is 17.4 Å². The summed E-state index contributed by atoms with van der Waals surface area (Å²) in [5.41, 5.74) is 3.54. The van der Waals surface area contributed by atoms with Gasteiger partial charge in [0.25, 0.3) is 5.56 Å². The first-order chi connectivity index (χ1) is 17.5. The Kier molecular flexibility index (Phi) is 5.28. The van der Waals surface area contributed by atoms with Crippen LogP contribution in [0.2, 0.25) is 0 Å². The van der Waals surface area contributed by atoms with E-state index in [1.165, 1.54) is 10.9 Å². The molecular weight excluding hydrogens is 460 g/mol. The molecule has 1 atom stereocenters. The topological polar surface area (TPSA) is 126 Å². The number of furan rings is 1. The molecule has 0 radical (unpaired) electrons. The minimum Gasteiger partial charge on any atom is -0.463 e. The fraction of sp³-hybridized carbons (Fsp3) is 0.269. The summed E-state index contributed by atoms with van der Waals surface area (Å²) in [6, 6.07) is 12.8. The molecule has 1 aliphatic heterocycles. The molecule has 1 aliphatic carbocycles. The molecule has 2 amide bonds. The number of rotatable bonds is 5. The first-order valence-corrected chi connectivity index (χ1v) is 11.9. The number of nitrogens with one attached hydrogen (secondary N) is 2. The molecule has 0 saturated carbocycles. The van der Waals surface area contributed by atoms with Crippen LogP contribution < -0.4 is 15.8 Å². The zero-order valence-electron chi connectivity index (χ0n) is 19.7. The number of carbonyl (C=O) groups excluding carboxylic acids is 2. The van der Waals surface area contributed by atoms with E-state index in [2.05, 4.69) is 20.4 Å². The molecule has 6 rings (SSSR count). The van der Waals surface area contributed by atoms with E-state index >= 15 is 0 Å². The molecule has 182 valence electrons. The lowest BCUT2D eigenvalue weighted by molar-refractivity contribution is -0.122. The van der Waals surface area contributed by atoms with Gasteiger partial charge in [0.1, 0.15) is 11.5 Å². The second kappa shape index (κ2) is 8.63. The summed E-state index contributed by atoms with van der Waals surface area (Å²) in [4.78, 5) is 47.7. The van der Waals surface area contributed by atoms with Gasteiger partial charge in [-0.2, -0.15) is 9.78 Å². The maximum absolute atomic E-state index is 13.3. The van der Waals surface area contributed by atoms with Crippen LogP contribution in [-0.4, -0.2) is 38.1 Å². The fourth-order valence-corrected chi connectivity index (χ4v) is 4.86. The lowest BCUT2D eigenvalue weighted by atomic mass is 10.1. The van der Waals surface area contributed by atoms with Crippen molar-refractivity contribution in [1.82, 2.24) is 19.7 Å². The Morgan fingerprint density at radius 3 is 2.86 bits per heavy atom. The van der Waals surface area contributed by atoms with Crippen molar-refractivity contribution in [3.8, 4) is 17.4 Å². The zero-order valence-corrected chi connectivity index (χ0v) is 19.7. The number of H-pyrrole nitrogens is 1. The molecule has 1 unspecified atom stereocenters. The van der Waals surface area contributed by atoms with Crippen LogP contribution in [0.1, 0.15) is 29.7 Å². The van der Waals surface area contributed by atoms with Gasteiger partial charge in [0.15, 0.2) is 5.76 Å². The van der Waals surface area contributed by atoms with Gasteiger partial charge in [0, 0.05) is 30.3 Å². The third-order valence-electron chi connectivity index (χ3n) is 6.67. The van der Waals surface area contributed by atoms with Crippen LogP contribution in [0.4, 0.5) is 11.5 Å². The van der Waals surface area contributed by atoms with Gasteiger partial charge < -0.3 is 14.6 Å². The van der Waals surface area contributed by atoms with Crippen LogP contribution in [0.3, 0.4) is 0 Å². The molecule has 3 aromatic heterocycles. The average Bonchev–Trinajstić information content (AvgIpc) is 3.65. The van der Waals surface area contributed by atoms with E-state index in [0.717, 1.165) is 29.8 Å². The average molecular weight is 485 g/mol. The molecule has 2 N–H and O–H groups in total. The summed E-state index contributed by atoms with van der Waals surface area (Å²) in [7, 11) is 0. The molecule has 1 aromatic carbocycles. The zero-order chi connectivity index (χ0) is 24.8. The number of benzene rings is 1. The van der Waals surface area contributed by atoms with Crippen molar-refractivity contribution < 1.29 is 14.0 Å². The predicted octanol–water partition coefficient (Wildman–Crippen LogP) is 3.00. The highest BCUT2D eigenvalue weighted by atomic mass is 16.3. The number of fused-ring (bicyclic) bond motifs is 1. The number of hydrogen-bond donors (Lipinski definition) is 2. The summed E-state index contributed by atoms with van der Waals surface area (Å²) >= 11 is 0. The van der Waals surface area contributed by atoms with E-state index in [1.807, 2.05) is 31.2 Å². The molecule has 0 bridgehead atoms. The summed E-state index contributed by atoms with van der Waals surface area (Å²) in [6.45, 7) is 2.24. The Hall–Kier alpha value is -4.47. The fourth-order valence-electron chi connectivity index (χ4n) is 4.86. The maximum Gasteiger partial charge on any atom is 0.255 e. The van der Waals surface area contributed by atoms with Gasteiger partial charge in [-0.1, -0.05) is 12.1 Å². The van der Waals surface area contributed by atoms with Crippen molar-refractivity contribution in [1.29, 1.82) is 0 Å². The number of nitrogens with zero attached hydrogens (tertiary/aromatic N) is 4. The molecule has 1 fully saturated rings. The van der Waals surface area contributed by atoms with Crippen molar-refractivity contribution in [2.45, 2.75) is 32.6 Å². The lowest BCUT2D eigenvalue weighted by Gasteiger charge is -2.17. The van der Waals surface area contributed by atoms with E-state index in [4.69, 9.17) is 4.42 Å². The second-order valence-corrected chi connectivity index (χ2v) is 9.21. The molecule has 4 heterocycles. The van der Waals surface area contributed by atoms with E-state index < -0.39 is 5.92 Å². The van der Waals surface area contributed by atoms with Gasteiger partial charge in [-0.15, -0.1) is 0 Å². The number of anilines is 2. The van der Waals surface area contributed by atoms with Gasteiger partial charge in [0.2, 0.25) is 17.8 Å². The Bertz CT molecular complexity index is 1530. The van der Waals surface area contributed by atoms with Crippen LogP contribution in [0.15, 0.2) is 57.9 Å². The molecular formula is C26H24N6O4. The highest BCUT2D eigenvalue weighted by Gasteiger charge is 2.36. The predicted molar refractivity (Wildman–Crippen MR) is 132 cm³/mol. The SMILES string of the molecule is Cc1cccc(N2CC(C(=O)Nc3cc(-c4ccco4)nn3-c3nc4c(c(=O)[nH]3)CCC4)CC2=O)c1. The van der Waals surface area contributed by atoms with E-state index in [9.17, 15) is 14.4 Å². The molecule has 10 nitrogen and oxygen atoms in total. The molecule has 10 heteroatoms. The smallest absolute Gasteiger partial charge is 0.255 e. The molecule has 36 heavy (non-hydrogen) atoms. The second-order valence-electron chi connectivity index (χ2n) is 9.21. The van der Waals surface area contributed by atoms with Crippen molar-refractivity contribution in [3.05, 3.63) is 75.9 Å². The maximum atomic E-state index is 13.3. The van der Waals surface area contributed by atoms with Crippen LogP contribution in [-0.2, 0) is 22.4 Å². The van der Waals surface area contributed by atoms with Crippen molar-refractivity contribution in [2.75, 3.05) is 16.8 Å². The monoisotopic (exact) mass is 484 g/mol. The van der Waals surface area contributed by atoms with Crippen LogP contribution >= 0.6 is 0 Å². The van der Waals surface area contributed by atoms with Gasteiger partial charge >= 0.3 is 0 Å². The van der Waals surface area contributed by atoms with Gasteiger partial charge in [-0.25, -0.2) is 4.98 Å². The van der Waals surface area contributed by atoms with Crippen LogP contribution in [0, 0.1) is 12.8 Å². The molecule has 4 aromatic rings. The normalized spacial score (nSPS) is 17.0. The quantitative estimate of drug-likeness (QED) is 0.449. The Balaban J connectivity index is 1.31. The van der Waals surface area contributed by atoms with E-state index in [-0.39, 0.29) is 36.3 Å². The molecule has 0 spiro atoms. The molecule has 2 aliphatic rings. The lowest BCUT2D eigenvalue weighted by Crippen LogP contribution is -2.29. The number of amides is 2. The standard InChI is InChI=1S/C26H24N6O4/c1-15-5-2-6-17(11-15)31-14-16(12-23(31)33)24(34)28-22-13-20(21-9-4-10-36-21)30-32(22)26-27-19-8-3-7-18(19)25(35)29-26/h2,4-6,9-11,13,16H,3,7-8,12,14H2,1H3,(H,28,34)(H,27,29,35). The Labute approximate surface area is 206 Å². The highest BCUT2D eigenvalue weighted by Crippen LogP contribution is 2.29. The van der Waals surface area contributed by atoms with E-state index in [1.54, 1.807) is 23.1 Å². The number of aromatic amines is 1. The molecule has 1 saturated heterocycles. The first kappa shape index (κ1) is 22.0. The van der Waals surface area contributed by atoms with E-state index in [0.29, 0.717) is 29.3 Å². The summed E-state index contributed by atoms with van der Waals surface area (Å²) in [5, 5.41) is 7.46. The van der Waals surface area contributed by atoms with Crippen molar-refractivity contribution >= 4 is 23.3 Å². The van der Waals surface area contributed by atoms with Crippen LogP contribution in [0.5, 0.6) is 0 Å². The first-order valence-electron chi connectivity index (χ1n) is 11.9. The summed E-state index contributed by atoms with van der Waals surface area (Å²) < 4.78 is 6.89. The highest BCUT2D eigenvalue weighted by molar-refractivity contribution is 6.03. The minimum absolute atomic E-state index is 0.102. The third kappa shape index (κ3) is 3.90. The van der Waals surface area contributed by atoms with Crippen molar-refractivity contribution in [3.63, 3.8) is 0 Å². The Morgan fingerprint density at radius 2 is 2.06 bits per heavy atom. The summed E-state index contributed by atoms with van der Waals surface area (Å²) in [6.07, 6.45) is 3.94. The van der Waals surface area contributed by atoms with Gasteiger partial charge in [0.05, 0.1) is 17.9 Å². The minimum atomic E-state index is -0.541. The number of aryl methyl sites for hydroxylation is 2. The number of carbonyl (C=O) groups is 2. The van der Waals surface area contributed by atoms with Gasteiger partial charge in [-0.3, -0.25) is 19.4 Å². The Morgan fingerprint density at radius 1 is 1.17 bits per heavy atom. The summed E-state index contributed by atoms with van der Waals surface area (Å²) in [5.74, 6) is 0.103. The number of hydrogen-bond acceptors (Lipinski definition) is 6. The van der Waals surface area contributed by atoms with Crippen molar-refractivity contribution in [2.24, 2.45) is 5.92 Å². The number of aromatic nitrogens is 4.